The minimum Gasteiger partial charge on any atom is -0.396 e. The van der Waals surface area contributed by atoms with E-state index in [1.54, 1.807) is 6.07 Å². The summed E-state index contributed by atoms with van der Waals surface area (Å²) >= 11 is 5.93. The van der Waals surface area contributed by atoms with Gasteiger partial charge in [-0.25, -0.2) is 8.78 Å². The first kappa shape index (κ1) is 13.5. The third-order valence-electron chi connectivity index (χ3n) is 2.88. The number of nitrogens with two attached hydrogens (primary N) is 1. The van der Waals surface area contributed by atoms with Crippen molar-refractivity contribution in [3.63, 3.8) is 0 Å². The van der Waals surface area contributed by atoms with E-state index in [2.05, 4.69) is 10.1 Å². The Hall–Kier alpha value is -2.47. The molecule has 0 amide bonds. The number of aromatic nitrogens is 2. The zero-order valence-electron chi connectivity index (χ0n) is 10.5. The molecule has 2 aromatic carbocycles. The van der Waals surface area contributed by atoms with E-state index in [0.29, 0.717) is 5.56 Å². The van der Waals surface area contributed by atoms with Crippen molar-refractivity contribution < 1.29 is 13.3 Å². The van der Waals surface area contributed by atoms with Crippen LogP contribution in [0.4, 0.5) is 14.5 Å². The lowest BCUT2D eigenvalue weighted by Gasteiger charge is -2.00. The highest BCUT2D eigenvalue weighted by atomic mass is 35.5. The standard InChI is InChI=1S/C14H8ClF2N3O/c15-10-6-7(16)4-5-8(10)13-19-14(21-20-13)9-2-1-3-11(17)12(9)18/h1-6H,18H2. The first-order chi connectivity index (χ1) is 10.1. The minimum atomic E-state index is -0.577. The Morgan fingerprint density at radius 1 is 1.10 bits per heavy atom. The van der Waals surface area contributed by atoms with Crippen molar-refractivity contribution in [1.82, 2.24) is 10.1 Å². The number of benzene rings is 2. The first-order valence-corrected chi connectivity index (χ1v) is 6.27. The smallest absolute Gasteiger partial charge is 0.260 e. The monoisotopic (exact) mass is 307 g/mol. The summed E-state index contributed by atoms with van der Waals surface area (Å²) in [7, 11) is 0. The van der Waals surface area contributed by atoms with Crippen LogP contribution in [0.25, 0.3) is 22.8 Å². The van der Waals surface area contributed by atoms with Crippen LogP contribution < -0.4 is 5.73 Å². The summed E-state index contributed by atoms with van der Waals surface area (Å²) in [5.74, 6) is -0.824. The maximum Gasteiger partial charge on any atom is 0.260 e. The summed E-state index contributed by atoms with van der Waals surface area (Å²) < 4.78 is 31.5. The zero-order chi connectivity index (χ0) is 15.0. The Morgan fingerprint density at radius 2 is 1.90 bits per heavy atom. The van der Waals surface area contributed by atoms with Crippen molar-refractivity contribution in [3.8, 4) is 22.8 Å². The summed E-state index contributed by atoms with van der Waals surface area (Å²) in [6.45, 7) is 0. The molecule has 0 saturated carbocycles. The fourth-order valence-corrected chi connectivity index (χ4v) is 2.09. The topological polar surface area (TPSA) is 64.9 Å². The molecule has 0 aliphatic heterocycles. The fourth-order valence-electron chi connectivity index (χ4n) is 1.84. The SMILES string of the molecule is Nc1c(F)cccc1-c1nc(-c2ccc(F)cc2Cl)no1. The summed E-state index contributed by atoms with van der Waals surface area (Å²) in [6, 6.07) is 8.07. The van der Waals surface area contributed by atoms with Gasteiger partial charge < -0.3 is 10.3 Å². The van der Waals surface area contributed by atoms with Gasteiger partial charge in [-0.3, -0.25) is 0 Å². The molecule has 0 fully saturated rings. The quantitative estimate of drug-likeness (QED) is 0.729. The van der Waals surface area contributed by atoms with Crippen LogP contribution in [0.5, 0.6) is 0 Å². The third kappa shape index (κ3) is 2.45. The molecule has 0 bridgehead atoms. The predicted molar refractivity (Wildman–Crippen MR) is 74.5 cm³/mol. The van der Waals surface area contributed by atoms with Crippen LogP contribution in [0.15, 0.2) is 40.9 Å². The summed E-state index contributed by atoms with van der Waals surface area (Å²) in [4.78, 5) is 4.11. The van der Waals surface area contributed by atoms with Gasteiger partial charge >= 0.3 is 0 Å². The molecule has 0 aliphatic carbocycles. The number of anilines is 1. The average molecular weight is 308 g/mol. The molecule has 0 spiro atoms. The van der Waals surface area contributed by atoms with Crippen molar-refractivity contribution >= 4 is 17.3 Å². The lowest BCUT2D eigenvalue weighted by Crippen LogP contribution is -1.94. The van der Waals surface area contributed by atoms with Gasteiger partial charge in [-0.15, -0.1) is 0 Å². The number of hydrogen-bond donors (Lipinski definition) is 1. The molecule has 1 aromatic heterocycles. The van der Waals surface area contributed by atoms with E-state index in [1.165, 1.54) is 24.3 Å². The summed E-state index contributed by atoms with van der Waals surface area (Å²) in [5, 5.41) is 3.90. The van der Waals surface area contributed by atoms with E-state index in [0.717, 1.165) is 6.07 Å². The highest BCUT2D eigenvalue weighted by Gasteiger charge is 2.16. The maximum atomic E-state index is 13.4. The second-order valence-corrected chi connectivity index (χ2v) is 4.66. The Bertz CT molecular complexity index is 820. The third-order valence-corrected chi connectivity index (χ3v) is 3.19. The van der Waals surface area contributed by atoms with Crippen LogP contribution in [0, 0.1) is 11.6 Å². The maximum absolute atomic E-state index is 13.4. The molecule has 7 heteroatoms. The van der Waals surface area contributed by atoms with Crippen molar-refractivity contribution in [2.24, 2.45) is 0 Å². The summed E-state index contributed by atoms with van der Waals surface area (Å²) in [5.41, 5.74) is 6.24. The van der Waals surface area contributed by atoms with Crippen LogP contribution in [0.3, 0.4) is 0 Å². The van der Waals surface area contributed by atoms with Crippen molar-refractivity contribution in [2.45, 2.75) is 0 Å². The molecular formula is C14H8ClF2N3O. The highest BCUT2D eigenvalue weighted by Crippen LogP contribution is 2.31. The van der Waals surface area contributed by atoms with Gasteiger partial charge in [0.2, 0.25) is 5.82 Å². The number of nitrogen functional groups attached to an aromatic ring is 1. The molecule has 3 aromatic rings. The molecule has 0 radical (unpaired) electrons. The van der Waals surface area contributed by atoms with Gasteiger partial charge in [0.25, 0.3) is 5.89 Å². The first-order valence-electron chi connectivity index (χ1n) is 5.90. The van der Waals surface area contributed by atoms with E-state index >= 15 is 0 Å². The Balaban J connectivity index is 2.06. The lowest BCUT2D eigenvalue weighted by molar-refractivity contribution is 0.432. The molecule has 106 valence electrons. The highest BCUT2D eigenvalue weighted by molar-refractivity contribution is 6.33. The number of para-hydroxylation sites is 1. The fraction of sp³-hybridized carbons (Fsp3) is 0. The van der Waals surface area contributed by atoms with Crippen molar-refractivity contribution in [2.75, 3.05) is 5.73 Å². The molecule has 2 N–H and O–H groups in total. The predicted octanol–water partition coefficient (Wildman–Crippen LogP) is 3.92. The van der Waals surface area contributed by atoms with Gasteiger partial charge in [-0.2, -0.15) is 4.98 Å². The Labute approximate surface area is 123 Å². The number of nitrogens with zero attached hydrogens (tertiary/aromatic N) is 2. The molecule has 21 heavy (non-hydrogen) atoms. The molecule has 0 unspecified atom stereocenters. The molecular weight excluding hydrogens is 300 g/mol. The molecule has 0 atom stereocenters. The summed E-state index contributed by atoms with van der Waals surface area (Å²) in [6.07, 6.45) is 0. The number of halogens is 3. The van der Waals surface area contributed by atoms with Gasteiger partial charge in [0.15, 0.2) is 0 Å². The zero-order valence-corrected chi connectivity index (χ0v) is 11.2. The van der Waals surface area contributed by atoms with Crippen LogP contribution >= 0.6 is 11.6 Å². The molecule has 0 saturated heterocycles. The minimum absolute atomic E-state index is 0.0578. The van der Waals surface area contributed by atoms with Crippen molar-refractivity contribution in [3.05, 3.63) is 53.1 Å². The van der Waals surface area contributed by atoms with Gasteiger partial charge in [0.1, 0.15) is 11.6 Å². The molecule has 0 aliphatic rings. The van der Waals surface area contributed by atoms with Crippen molar-refractivity contribution in [1.29, 1.82) is 0 Å². The average Bonchev–Trinajstić information content (AvgIpc) is 2.91. The van der Waals surface area contributed by atoms with E-state index < -0.39 is 11.6 Å². The lowest BCUT2D eigenvalue weighted by atomic mass is 10.1. The van der Waals surface area contributed by atoms with Crippen LogP contribution in [0.1, 0.15) is 0 Å². The van der Waals surface area contributed by atoms with E-state index in [-0.39, 0.29) is 28.0 Å². The van der Waals surface area contributed by atoms with Gasteiger partial charge in [-0.1, -0.05) is 22.8 Å². The van der Waals surface area contributed by atoms with E-state index in [4.69, 9.17) is 21.9 Å². The molecule has 1 heterocycles. The normalized spacial score (nSPS) is 10.8. The number of rotatable bonds is 2. The second kappa shape index (κ2) is 5.14. The van der Waals surface area contributed by atoms with Crippen LogP contribution in [-0.4, -0.2) is 10.1 Å². The van der Waals surface area contributed by atoms with Crippen LogP contribution in [0.2, 0.25) is 5.02 Å². The second-order valence-electron chi connectivity index (χ2n) is 4.25. The largest absolute Gasteiger partial charge is 0.396 e. The Kier molecular flexibility index (Phi) is 3.31. The number of hydrogen-bond acceptors (Lipinski definition) is 4. The van der Waals surface area contributed by atoms with Crippen LogP contribution in [-0.2, 0) is 0 Å². The molecule has 4 nitrogen and oxygen atoms in total. The van der Waals surface area contributed by atoms with E-state index in [9.17, 15) is 8.78 Å². The van der Waals surface area contributed by atoms with Gasteiger partial charge in [-0.05, 0) is 30.3 Å². The van der Waals surface area contributed by atoms with Gasteiger partial charge in [0.05, 0.1) is 16.3 Å². The van der Waals surface area contributed by atoms with E-state index in [1.807, 2.05) is 0 Å². The Morgan fingerprint density at radius 3 is 2.67 bits per heavy atom. The molecule has 3 rings (SSSR count). The van der Waals surface area contributed by atoms with Gasteiger partial charge in [0, 0.05) is 5.56 Å².